The van der Waals surface area contributed by atoms with Gasteiger partial charge in [0.05, 0.1) is 12.4 Å². The Labute approximate surface area is 91.4 Å². The third-order valence-corrected chi connectivity index (χ3v) is 2.67. The Kier molecular flexibility index (Phi) is 3.12. The second-order valence-electron chi connectivity index (χ2n) is 3.79. The first-order valence-electron chi connectivity index (χ1n) is 5.21. The Morgan fingerprint density at radius 1 is 1.50 bits per heavy atom. The summed E-state index contributed by atoms with van der Waals surface area (Å²) in [6, 6.07) is 0.869. The van der Waals surface area contributed by atoms with Crippen molar-refractivity contribution in [3.8, 4) is 0 Å². The van der Waals surface area contributed by atoms with Gasteiger partial charge in [0.15, 0.2) is 0 Å². The highest BCUT2D eigenvalue weighted by Crippen LogP contribution is 2.21. The van der Waals surface area contributed by atoms with Crippen molar-refractivity contribution in [3.05, 3.63) is 40.6 Å². The maximum absolute atomic E-state index is 12.3. The standard InChI is InChI=1S/C11H12F2N2O/c12-11(13)9-6-10(16)15(7-14-9)8-4-2-1-3-5-8/h2,4,6-8,11H,1,3,5H2. The lowest BCUT2D eigenvalue weighted by atomic mass is 10.0. The number of aromatic nitrogens is 2. The van der Waals surface area contributed by atoms with Crippen molar-refractivity contribution in [3.63, 3.8) is 0 Å². The minimum Gasteiger partial charge on any atom is -0.292 e. The number of rotatable bonds is 2. The van der Waals surface area contributed by atoms with Gasteiger partial charge >= 0.3 is 0 Å². The number of hydrogen-bond donors (Lipinski definition) is 0. The molecule has 1 atom stereocenters. The second-order valence-corrected chi connectivity index (χ2v) is 3.79. The van der Waals surface area contributed by atoms with Crippen LogP contribution >= 0.6 is 0 Å². The zero-order valence-electron chi connectivity index (χ0n) is 8.64. The first-order chi connectivity index (χ1) is 7.68. The fourth-order valence-corrected chi connectivity index (χ4v) is 1.82. The lowest BCUT2D eigenvalue weighted by Gasteiger charge is -2.18. The van der Waals surface area contributed by atoms with Gasteiger partial charge in [0.2, 0.25) is 0 Å². The van der Waals surface area contributed by atoms with Crippen molar-refractivity contribution in [2.75, 3.05) is 0 Å². The van der Waals surface area contributed by atoms with Gasteiger partial charge in [-0.25, -0.2) is 13.8 Å². The van der Waals surface area contributed by atoms with Crippen molar-refractivity contribution in [1.82, 2.24) is 9.55 Å². The van der Waals surface area contributed by atoms with E-state index >= 15 is 0 Å². The quantitative estimate of drug-likeness (QED) is 0.726. The van der Waals surface area contributed by atoms with Gasteiger partial charge in [-0.3, -0.25) is 9.36 Å². The van der Waals surface area contributed by atoms with Crippen LogP contribution in [0.25, 0.3) is 0 Å². The molecule has 0 saturated carbocycles. The van der Waals surface area contributed by atoms with E-state index < -0.39 is 17.7 Å². The van der Waals surface area contributed by atoms with Crippen LogP contribution in [0.4, 0.5) is 8.78 Å². The molecule has 0 bridgehead atoms. The van der Waals surface area contributed by atoms with Crippen LogP contribution in [0.15, 0.2) is 29.3 Å². The highest BCUT2D eigenvalue weighted by molar-refractivity contribution is 5.05. The SMILES string of the molecule is O=c1cc(C(F)F)ncn1C1C=CCCC1. The van der Waals surface area contributed by atoms with E-state index in [2.05, 4.69) is 4.98 Å². The summed E-state index contributed by atoms with van der Waals surface area (Å²) < 4.78 is 26.0. The smallest absolute Gasteiger partial charge is 0.280 e. The minimum atomic E-state index is -2.69. The third-order valence-electron chi connectivity index (χ3n) is 2.67. The van der Waals surface area contributed by atoms with Gasteiger partial charge in [-0.05, 0) is 19.3 Å². The van der Waals surface area contributed by atoms with Gasteiger partial charge < -0.3 is 0 Å². The fourth-order valence-electron chi connectivity index (χ4n) is 1.82. The molecule has 2 rings (SSSR count). The normalized spacial score (nSPS) is 20.3. The molecular formula is C11H12F2N2O. The summed E-state index contributed by atoms with van der Waals surface area (Å²) in [7, 11) is 0. The Bertz CT molecular complexity index is 454. The largest absolute Gasteiger partial charge is 0.292 e. The van der Waals surface area contributed by atoms with Crippen LogP contribution in [-0.4, -0.2) is 9.55 Å². The zero-order valence-corrected chi connectivity index (χ0v) is 8.64. The molecule has 1 aromatic rings. The Balaban J connectivity index is 2.32. The van der Waals surface area contributed by atoms with Gasteiger partial charge in [-0.2, -0.15) is 0 Å². The lowest BCUT2D eigenvalue weighted by molar-refractivity contribution is 0.145. The maximum atomic E-state index is 12.3. The summed E-state index contributed by atoms with van der Waals surface area (Å²) in [5.41, 5.74) is -0.872. The van der Waals surface area contributed by atoms with Gasteiger partial charge in [0, 0.05) is 6.07 Å². The van der Waals surface area contributed by atoms with Gasteiger partial charge in [0.25, 0.3) is 12.0 Å². The molecule has 3 nitrogen and oxygen atoms in total. The van der Waals surface area contributed by atoms with Crippen molar-refractivity contribution in [1.29, 1.82) is 0 Å². The molecule has 86 valence electrons. The van der Waals surface area contributed by atoms with Crippen molar-refractivity contribution >= 4 is 0 Å². The molecule has 0 N–H and O–H groups in total. The number of halogens is 2. The topological polar surface area (TPSA) is 34.9 Å². The van der Waals surface area contributed by atoms with Crippen molar-refractivity contribution in [2.24, 2.45) is 0 Å². The highest BCUT2D eigenvalue weighted by Gasteiger charge is 2.15. The van der Waals surface area contributed by atoms with E-state index in [4.69, 9.17) is 0 Å². The average Bonchev–Trinajstić information content (AvgIpc) is 2.30. The molecule has 0 fully saturated rings. The summed E-state index contributed by atoms with van der Waals surface area (Å²) in [6.45, 7) is 0. The van der Waals surface area contributed by atoms with Crippen LogP contribution in [0.3, 0.4) is 0 Å². The molecule has 16 heavy (non-hydrogen) atoms. The van der Waals surface area contributed by atoms with Crippen molar-refractivity contribution in [2.45, 2.75) is 31.7 Å². The number of allylic oxidation sites excluding steroid dienone is 2. The summed E-state index contributed by atoms with van der Waals surface area (Å²) in [5, 5.41) is 0. The zero-order chi connectivity index (χ0) is 11.5. The van der Waals surface area contributed by atoms with Crippen LogP contribution in [0.5, 0.6) is 0 Å². The minimum absolute atomic E-state index is 0.0412. The molecule has 1 heterocycles. The number of nitrogens with zero attached hydrogens (tertiary/aromatic N) is 2. The third kappa shape index (κ3) is 2.18. The molecule has 0 spiro atoms. The maximum Gasteiger partial charge on any atom is 0.280 e. The van der Waals surface area contributed by atoms with E-state index in [-0.39, 0.29) is 6.04 Å². The monoisotopic (exact) mass is 226 g/mol. The van der Waals surface area contributed by atoms with Crippen LogP contribution < -0.4 is 5.56 Å². The average molecular weight is 226 g/mol. The molecule has 0 aromatic carbocycles. The Morgan fingerprint density at radius 3 is 2.88 bits per heavy atom. The Morgan fingerprint density at radius 2 is 2.31 bits per heavy atom. The molecule has 1 aliphatic carbocycles. The Hall–Kier alpha value is -1.52. The summed E-state index contributed by atoms with van der Waals surface area (Å²) >= 11 is 0. The van der Waals surface area contributed by atoms with Crippen LogP contribution in [0, 0.1) is 0 Å². The first-order valence-corrected chi connectivity index (χ1v) is 5.21. The van der Waals surface area contributed by atoms with E-state index in [1.165, 1.54) is 10.9 Å². The number of alkyl halides is 2. The molecule has 5 heteroatoms. The van der Waals surface area contributed by atoms with E-state index in [0.29, 0.717) is 0 Å². The predicted molar refractivity (Wildman–Crippen MR) is 55.5 cm³/mol. The molecule has 0 amide bonds. The first kappa shape index (κ1) is 11.0. The van der Waals surface area contributed by atoms with E-state index in [1.807, 2.05) is 12.2 Å². The molecule has 0 aliphatic heterocycles. The van der Waals surface area contributed by atoms with Crippen LogP contribution in [-0.2, 0) is 0 Å². The molecule has 1 aromatic heterocycles. The van der Waals surface area contributed by atoms with Crippen LogP contribution in [0.1, 0.15) is 37.4 Å². The van der Waals surface area contributed by atoms with Gasteiger partial charge in [-0.15, -0.1) is 0 Å². The predicted octanol–water partition coefficient (Wildman–Crippen LogP) is 2.46. The van der Waals surface area contributed by atoms with Crippen LogP contribution in [0.2, 0.25) is 0 Å². The van der Waals surface area contributed by atoms with E-state index in [9.17, 15) is 13.6 Å². The van der Waals surface area contributed by atoms with E-state index in [1.54, 1.807) is 0 Å². The molecular weight excluding hydrogens is 214 g/mol. The fraction of sp³-hybridized carbons (Fsp3) is 0.455. The van der Waals surface area contributed by atoms with Gasteiger partial charge in [-0.1, -0.05) is 12.2 Å². The molecule has 0 saturated heterocycles. The summed E-state index contributed by atoms with van der Waals surface area (Å²) in [6.07, 6.45) is 5.31. The van der Waals surface area contributed by atoms with Gasteiger partial charge in [0.1, 0.15) is 5.69 Å². The van der Waals surface area contributed by atoms with E-state index in [0.717, 1.165) is 25.3 Å². The summed E-state index contributed by atoms with van der Waals surface area (Å²) in [5.74, 6) is 0. The second kappa shape index (κ2) is 4.55. The lowest BCUT2D eigenvalue weighted by Crippen LogP contribution is -2.25. The number of hydrogen-bond acceptors (Lipinski definition) is 2. The molecule has 1 aliphatic rings. The highest BCUT2D eigenvalue weighted by atomic mass is 19.3. The molecule has 0 radical (unpaired) electrons. The molecule has 1 unspecified atom stereocenters. The van der Waals surface area contributed by atoms with Crippen molar-refractivity contribution < 1.29 is 8.78 Å². The summed E-state index contributed by atoms with van der Waals surface area (Å²) in [4.78, 5) is 15.2.